The molecule has 0 aliphatic heterocycles. The highest BCUT2D eigenvalue weighted by molar-refractivity contribution is 7.99. The quantitative estimate of drug-likeness (QED) is 0.537. The Bertz CT molecular complexity index is 1050. The molecule has 0 atom stereocenters. The molecule has 1 heterocycles. The van der Waals surface area contributed by atoms with Crippen molar-refractivity contribution in [3.63, 3.8) is 0 Å². The zero-order chi connectivity index (χ0) is 18.7. The summed E-state index contributed by atoms with van der Waals surface area (Å²) >= 11 is 0.963. The first-order chi connectivity index (χ1) is 12.5. The van der Waals surface area contributed by atoms with Crippen molar-refractivity contribution in [3.05, 3.63) is 64.7 Å². The number of carbonyl (C=O) groups is 2. The second-order valence-corrected chi connectivity index (χ2v) is 6.17. The number of imide groups is 1. The molecule has 7 nitrogen and oxygen atoms in total. The van der Waals surface area contributed by atoms with Gasteiger partial charge in [-0.1, -0.05) is 23.9 Å². The summed E-state index contributed by atoms with van der Waals surface area (Å²) in [4.78, 5) is 39.7. The zero-order valence-electron chi connectivity index (χ0n) is 13.3. The van der Waals surface area contributed by atoms with Gasteiger partial charge in [-0.3, -0.25) is 19.5 Å². The second-order valence-electron chi connectivity index (χ2n) is 5.23. The number of nitrogens with zero attached hydrogens (tertiary/aromatic N) is 2. The van der Waals surface area contributed by atoms with E-state index in [1.54, 1.807) is 24.3 Å². The number of benzene rings is 2. The minimum Gasteiger partial charge on any atom is -0.351 e. The second kappa shape index (κ2) is 7.36. The van der Waals surface area contributed by atoms with E-state index in [0.29, 0.717) is 16.6 Å². The minimum absolute atomic E-state index is 0.172. The van der Waals surface area contributed by atoms with Crippen molar-refractivity contribution in [1.82, 2.24) is 14.9 Å². The Balaban J connectivity index is 2.09. The summed E-state index contributed by atoms with van der Waals surface area (Å²) in [5.41, 5.74) is 5.44. The molecule has 0 saturated carbocycles. The van der Waals surface area contributed by atoms with Crippen LogP contribution in [0.5, 0.6) is 0 Å². The van der Waals surface area contributed by atoms with Crippen LogP contribution in [-0.4, -0.2) is 27.2 Å². The number of aromatic nitrogens is 2. The number of primary amides is 1. The van der Waals surface area contributed by atoms with E-state index in [4.69, 9.17) is 5.73 Å². The van der Waals surface area contributed by atoms with Crippen molar-refractivity contribution in [1.29, 1.82) is 0 Å². The highest BCUT2D eigenvalue weighted by Gasteiger charge is 2.15. The molecular formula is C17H13FN4O3S. The predicted octanol–water partition coefficient (Wildman–Crippen LogP) is 1.81. The van der Waals surface area contributed by atoms with Crippen LogP contribution in [0.25, 0.3) is 16.6 Å². The van der Waals surface area contributed by atoms with Crippen LogP contribution in [0.1, 0.15) is 0 Å². The zero-order valence-corrected chi connectivity index (χ0v) is 14.1. The fourth-order valence-electron chi connectivity index (χ4n) is 2.33. The van der Waals surface area contributed by atoms with Crippen molar-refractivity contribution in [3.8, 4) is 5.69 Å². The number of para-hydroxylation sites is 1. The fourth-order valence-corrected chi connectivity index (χ4v) is 3.14. The van der Waals surface area contributed by atoms with Gasteiger partial charge in [0.2, 0.25) is 5.91 Å². The van der Waals surface area contributed by atoms with Crippen LogP contribution in [0.4, 0.5) is 9.18 Å². The Morgan fingerprint density at radius 2 is 1.85 bits per heavy atom. The smallest absolute Gasteiger partial charge is 0.318 e. The van der Waals surface area contributed by atoms with Gasteiger partial charge in [-0.2, -0.15) is 0 Å². The third-order valence-electron chi connectivity index (χ3n) is 3.42. The number of carbonyl (C=O) groups excluding carboxylic acids is 2. The average molecular weight is 372 g/mol. The lowest BCUT2D eigenvalue weighted by Crippen LogP contribution is -2.36. The van der Waals surface area contributed by atoms with E-state index in [1.807, 2.05) is 5.32 Å². The van der Waals surface area contributed by atoms with Crippen LogP contribution in [0.2, 0.25) is 0 Å². The molecular weight excluding hydrogens is 359 g/mol. The first-order valence-electron chi connectivity index (χ1n) is 7.45. The molecule has 1 aromatic heterocycles. The van der Waals surface area contributed by atoms with Crippen LogP contribution in [0.15, 0.2) is 58.5 Å². The van der Waals surface area contributed by atoms with Crippen LogP contribution >= 0.6 is 11.8 Å². The molecule has 0 spiro atoms. The number of nitrogens with two attached hydrogens (primary N) is 1. The van der Waals surface area contributed by atoms with E-state index in [2.05, 4.69) is 4.98 Å². The molecule has 0 saturated heterocycles. The van der Waals surface area contributed by atoms with Gasteiger partial charge in [0, 0.05) is 0 Å². The fraction of sp³-hybridized carbons (Fsp3) is 0.0588. The van der Waals surface area contributed by atoms with Crippen molar-refractivity contribution in [2.24, 2.45) is 5.73 Å². The Morgan fingerprint density at radius 1 is 1.15 bits per heavy atom. The summed E-state index contributed by atoms with van der Waals surface area (Å²) in [5, 5.41) is 2.57. The standard InChI is InChI=1S/C17H13FN4O3S/c18-10-5-7-11(8-6-10)22-15(24)12-3-1-2-4-13(12)20-17(22)26-9-14(23)21-16(19)25/h1-8H,9H2,(H3,19,21,23,25). The van der Waals surface area contributed by atoms with Gasteiger partial charge in [-0.25, -0.2) is 14.2 Å². The number of nitrogens with one attached hydrogen (secondary N) is 1. The van der Waals surface area contributed by atoms with Crippen LogP contribution < -0.4 is 16.6 Å². The number of hydrogen-bond donors (Lipinski definition) is 2. The van der Waals surface area contributed by atoms with Gasteiger partial charge >= 0.3 is 6.03 Å². The lowest BCUT2D eigenvalue weighted by atomic mass is 10.2. The number of fused-ring (bicyclic) bond motifs is 1. The molecule has 3 amide bonds. The molecule has 3 rings (SSSR count). The SMILES string of the molecule is NC(=O)NC(=O)CSc1nc2ccccc2c(=O)n1-c1ccc(F)cc1. The Labute approximate surface area is 151 Å². The maximum Gasteiger partial charge on any atom is 0.318 e. The number of hydrogen-bond acceptors (Lipinski definition) is 5. The van der Waals surface area contributed by atoms with Gasteiger partial charge in [-0.05, 0) is 36.4 Å². The molecule has 0 unspecified atom stereocenters. The third-order valence-corrected chi connectivity index (χ3v) is 4.36. The van der Waals surface area contributed by atoms with Gasteiger partial charge in [0.1, 0.15) is 5.82 Å². The predicted molar refractivity (Wildman–Crippen MR) is 95.7 cm³/mol. The molecule has 9 heteroatoms. The summed E-state index contributed by atoms with van der Waals surface area (Å²) in [5.74, 6) is -1.23. The molecule has 26 heavy (non-hydrogen) atoms. The lowest BCUT2D eigenvalue weighted by Gasteiger charge is -2.13. The highest BCUT2D eigenvalue weighted by atomic mass is 32.2. The van der Waals surface area contributed by atoms with E-state index in [-0.39, 0.29) is 16.5 Å². The van der Waals surface area contributed by atoms with Gasteiger partial charge in [0.15, 0.2) is 5.16 Å². The van der Waals surface area contributed by atoms with Crippen LogP contribution in [0.3, 0.4) is 0 Å². The Morgan fingerprint density at radius 3 is 2.54 bits per heavy atom. The average Bonchev–Trinajstić information content (AvgIpc) is 2.61. The summed E-state index contributed by atoms with van der Waals surface area (Å²) < 4.78 is 14.5. The number of thioether (sulfide) groups is 1. The van der Waals surface area contributed by atoms with Gasteiger partial charge in [0.05, 0.1) is 22.3 Å². The van der Waals surface area contributed by atoms with E-state index in [1.165, 1.54) is 28.8 Å². The lowest BCUT2D eigenvalue weighted by molar-refractivity contribution is -0.117. The van der Waals surface area contributed by atoms with Crippen molar-refractivity contribution < 1.29 is 14.0 Å². The molecule has 0 aliphatic rings. The summed E-state index contributed by atoms with van der Waals surface area (Å²) in [6.07, 6.45) is 0. The maximum absolute atomic E-state index is 13.2. The van der Waals surface area contributed by atoms with Crippen molar-refractivity contribution >= 4 is 34.6 Å². The summed E-state index contributed by atoms with van der Waals surface area (Å²) in [7, 11) is 0. The van der Waals surface area contributed by atoms with Gasteiger partial charge < -0.3 is 5.73 Å². The number of urea groups is 1. The van der Waals surface area contributed by atoms with E-state index in [9.17, 15) is 18.8 Å². The minimum atomic E-state index is -0.960. The normalized spacial score (nSPS) is 10.7. The number of amides is 3. The monoisotopic (exact) mass is 372 g/mol. The van der Waals surface area contributed by atoms with E-state index < -0.39 is 17.8 Å². The first kappa shape index (κ1) is 17.6. The summed E-state index contributed by atoms with van der Waals surface area (Å²) in [6.45, 7) is 0. The Hall–Kier alpha value is -3.20. The molecule has 3 aromatic rings. The molecule has 3 N–H and O–H groups in total. The first-order valence-corrected chi connectivity index (χ1v) is 8.44. The maximum atomic E-state index is 13.2. The summed E-state index contributed by atoms with van der Waals surface area (Å²) in [6, 6.07) is 11.2. The van der Waals surface area contributed by atoms with Gasteiger partial charge in [0.25, 0.3) is 5.56 Å². The van der Waals surface area contributed by atoms with Gasteiger partial charge in [-0.15, -0.1) is 0 Å². The highest BCUT2D eigenvalue weighted by Crippen LogP contribution is 2.21. The topological polar surface area (TPSA) is 107 Å². The van der Waals surface area contributed by atoms with E-state index in [0.717, 1.165) is 11.8 Å². The largest absolute Gasteiger partial charge is 0.351 e. The Kier molecular flexibility index (Phi) is 4.99. The molecule has 0 bridgehead atoms. The van der Waals surface area contributed by atoms with Crippen molar-refractivity contribution in [2.45, 2.75) is 5.16 Å². The number of rotatable bonds is 4. The van der Waals surface area contributed by atoms with Crippen LogP contribution in [0, 0.1) is 5.82 Å². The van der Waals surface area contributed by atoms with E-state index >= 15 is 0 Å². The third kappa shape index (κ3) is 3.72. The van der Waals surface area contributed by atoms with Crippen LogP contribution in [-0.2, 0) is 4.79 Å². The molecule has 0 fully saturated rings. The number of halogens is 1. The van der Waals surface area contributed by atoms with Crippen molar-refractivity contribution in [2.75, 3.05) is 5.75 Å². The molecule has 2 aromatic carbocycles. The molecule has 132 valence electrons. The molecule has 0 aliphatic carbocycles. The molecule has 0 radical (unpaired) electrons.